The van der Waals surface area contributed by atoms with Gasteiger partial charge >= 0.3 is 0 Å². The third kappa shape index (κ3) is 3.11. The minimum absolute atomic E-state index is 0.118. The summed E-state index contributed by atoms with van der Waals surface area (Å²) in [5.41, 5.74) is 9.45. The van der Waals surface area contributed by atoms with Gasteiger partial charge in [-0.05, 0) is 61.1 Å². The maximum Gasteiger partial charge on any atom is 0.0503 e. The third-order valence-corrected chi connectivity index (χ3v) is 4.80. The van der Waals surface area contributed by atoms with Crippen molar-refractivity contribution in [2.24, 2.45) is 5.84 Å². The molecular weight excluding hydrogens is 312 g/mol. The maximum absolute atomic E-state index is 5.81. The molecule has 2 nitrogen and oxygen atoms in total. The maximum atomic E-state index is 5.81. The van der Waals surface area contributed by atoms with E-state index in [9.17, 15) is 0 Å². The molecule has 0 saturated heterocycles. The Kier molecular flexibility index (Phi) is 4.97. The summed E-state index contributed by atoms with van der Waals surface area (Å²) in [6.07, 6.45) is 0.895. The number of nitrogens with two attached hydrogens (primary N) is 1. The van der Waals surface area contributed by atoms with Crippen LogP contribution in [0.1, 0.15) is 33.9 Å². The zero-order valence-electron chi connectivity index (χ0n) is 12.2. The SMILES string of the molecule is Cc1cccc(C)c1CC(NN)c1cccc(Br)c1C. The van der Waals surface area contributed by atoms with Gasteiger partial charge in [-0.25, -0.2) is 0 Å². The van der Waals surface area contributed by atoms with Crippen LogP contribution < -0.4 is 11.3 Å². The topological polar surface area (TPSA) is 38.0 Å². The van der Waals surface area contributed by atoms with Crippen LogP contribution in [-0.2, 0) is 6.42 Å². The molecule has 20 heavy (non-hydrogen) atoms. The summed E-state index contributed by atoms with van der Waals surface area (Å²) in [7, 11) is 0. The van der Waals surface area contributed by atoms with Crippen molar-refractivity contribution in [1.29, 1.82) is 0 Å². The molecule has 0 amide bonds. The van der Waals surface area contributed by atoms with Gasteiger partial charge in [-0.3, -0.25) is 11.3 Å². The highest BCUT2D eigenvalue weighted by Gasteiger charge is 2.16. The zero-order chi connectivity index (χ0) is 14.7. The van der Waals surface area contributed by atoms with E-state index < -0.39 is 0 Å². The van der Waals surface area contributed by atoms with Crippen molar-refractivity contribution in [3.8, 4) is 0 Å². The van der Waals surface area contributed by atoms with Crippen molar-refractivity contribution in [3.63, 3.8) is 0 Å². The highest BCUT2D eigenvalue weighted by atomic mass is 79.9. The number of hydrogen-bond acceptors (Lipinski definition) is 2. The van der Waals surface area contributed by atoms with E-state index >= 15 is 0 Å². The minimum Gasteiger partial charge on any atom is -0.271 e. The molecule has 0 aliphatic carbocycles. The number of halogens is 1. The van der Waals surface area contributed by atoms with E-state index in [2.05, 4.69) is 78.5 Å². The fraction of sp³-hybridized carbons (Fsp3) is 0.294. The summed E-state index contributed by atoms with van der Waals surface area (Å²) in [5, 5.41) is 0. The van der Waals surface area contributed by atoms with Gasteiger partial charge in [0.05, 0.1) is 6.04 Å². The lowest BCUT2D eigenvalue weighted by molar-refractivity contribution is 0.547. The molecule has 1 unspecified atom stereocenters. The molecule has 0 bridgehead atoms. The predicted molar refractivity (Wildman–Crippen MR) is 88.6 cm³/mol. The first-order valence-corrected chi connectivity index (χ1v) is 7.60. The van der Waals surface area contributed by atoms with Gasteiger partial charge < -0.3 is 0 Å². The summed E-state index contributed by atoms with van der Waals surface area (Å²) in [4.78, 5) is 0. The average Bonchev–Trinajstić information content (AvgIpc) is 2.42. The second kappa shape index (κ2) is 6.53. The van der Waals surface area contributed by atoms with Gasteiger partial charge in [0.1, 0.15) is 0 Å². The van der Waals surface area contributed by atoms with E-state index in [-0.39, 0.29) is 6.04 Å². The van der Waals surface area contributed by atoms with Gasteiger partial charge in [-0.15, -0.1) is 0 Å². The van der Waals surface area contributed by atoms with Crippen molar-refractivity contribution in [3.05, 3.63) is 68.7 Å². The van der Waals surface area contributed by atoms with Crippen LogP contribution in [-0.4, -0.2) is 0 Å². The molecule has 0 saturated carbocycles. The van der Waals surface area contributed by atoms with Crippen LogP contribution >= 0.6 is 15.9 Å². The van der Waals surface area contributed by atoms with Crippen LogP contribution in [0.15, 0.2) is 40.9 Å². The Labute approximate surface area is 129 Å². The summed E-state index contributed by atoms with van der Waals surface area (Å²) < 4.78 is 1.12. The van der Waals surface area contributed by atoms with Crippen LogP contribution in [0.5, 0.6) is 0 Å². The average molecular weight is 333 g/mol. The van der Waals surface area contributed by atoms with Crippen LogP contribution in [0.25, 0.3) is 0 Å². The molecule has 0 spiro atoms. The molecule has 0 aliphatic rings. The molecule has 2 rings (SSSR count). The number of hydrogen-bond donors (Lipinski definition) is 2. The molecule has 3 heteroatoms. The second-order valence-electron chi connectivity index (χ2n) is 5.25. The van der Waals surface area contributed by atoms with Gasteiger partial charge in [0.25, 0.3) is 0 Å². The Bertz CT molecular complexity index is 588. The first kappa shape index (κ1) is 15.2. The molecule has 3 N–H and O–H groups in total. The van der Waals surface area contributed by atoms with Crippen LogP contribution in [0.2, 0.25) is 0 Å². The van der Waals surface area contributed by atoms with E-state index in [1.807, 2.05) is 0 Å². The van der Waals surface area contributed by atoms with Crippen molar-refractivity contribution >= 4 is 15.9 Å². The molecule has 0 aliphatic heterocycles. The smallest absolute Gasteiger partial charge is 0.0503 e. The Hall–Kier alpha value is -1.16. The van der Waals surface area contributed by atoms with Crippen LogP contribution in [0.3, 0.4) is 0 Å². The van der Waals surface area contributed by atoms with Crippen molar-refractivity contribution < 1.29 is 0 Å². The highest BCUT2D eigenvalue weighted by Crippen LogP contribution is 2.28. The molecule has 0 aromatic heterocycles. The first-order chi connectivity index (χ1) is 9.54. The molecule has 0 fully saturated rings. The van der Waals surface area contributed by atoms with Gasteiger partial charge in [0.15, 0.2) is 0 Å². The lowest BCUT2D eigenvalue weighted by atomic mass is 9.91. The predicted octanol–water partition coefficient (Wildman–Crippen LogP) is 4.12. The number of hydrazine groups is 1. The van der Waals surface area contributed by atoms with E-state index in [1.165, 1.54) is 27.8 Å². The van der Waals surface area contributed by atoms with Gasteiger partial charge in [0, 0.05) is 4.47 Å². The fourth-order valence-corrected chi connectivity index (χ4v) is 3.02. The Morgan fingerprint density at radius 2 is 1.65 bits per heavy atom. The molecule has 106 valence electrons. The number of nitrogens with one attached hydrogen (secondary N) is 1. The molecule has 0 heterocycles. The van der Waals surface area contributed by atoms with Gasteiger partial charge in [-0.1, -0.05) is 46.3 Å². The third-order valence-electron chi connectivity index (χ3n) is 3.94. The highest BCUT2D eigenvalue weighted by molar-refractivity contribution is 9.10. The van der Waals surface area contributed by atoms with E-state index in [1.54, 1.807) is 0 Å². The monoisotopic (exact) mass is 332 g/mol. The largest absolute Gasteiger partial charge is 0.271 e. The van der Waals surface area contributed by atoms with E-state index in [0.29, 0.717) is 0 Å². The molecular formula is C17H21BrN2. The fourth-order valence-electron chi connectivity index (χ4n) is 2.64. The summed E-state index contributed by atoms with van der Waals surface area (Å²) in [6.45, 7) is 6.43. The van der Waals surface area contributed by atoms with E-state index in [0.717, 1.165) is 10.9 Å². The number of benzene rings is 2. The zero-order valence-corrected chi connectivity index (χ0v) is 13.8. The Balaban J connectivity index is 2.37. The normalized spacial score (nSPS) is 12.4. The van der Waals surface area contributed by atoms with Crippen LogP contribution in [0.4, 0.5) is 0 Å². The summed E-state index contributed by atoms with van der Waals surface area (Å²) in [5.74, 6) is 5.81. The van der Waals surface area contributed by atoms with E-state index in [4.69, 9.17) is 5.84 Å². The number of aryl methyl sites for hydroxylation is 2. The first-order valence-electron chi connectivity index (χ1n) is 6.80. The van der Waals surface area contributed by atoms with Gasteiger partial charge in [0.2, 0.25) is 0 Å². The lowest BCUT2D eigenvalue weighted by Gasteiger charge is -2.21. The van der Waals surface area contributed by atoms with Crippen molar-refractivity contribution in [2.45, 2.75) is 33.2 Å². The Morgan fingerprint density at radius 1 is 1.05 bits per heavy atom. The molecule has 2 aromatic carbocycles. The van der Waals surface area contributed by atoms with Crippen molar-refractivity contribution in [1.82, 2.24) is 5.43 Å². The quantitative estimate of drug-likeness (QED) is 0.652. The summed E-state index contributed by atoms with van der Waals surface area (Å²) in [6, 6.07) is 12.8. The van der Waals surface area contributed by atoms with Crippen LogP contribution in [0, 0.1) is 20.8 Å². The van der Waals surface area contributed by atoms with Gasteiger partial charge in [-0.2, -0.15) is 0 Å². The standard InChI is InChI=1S/C17H21BrN2/c1-11-6-4-7-12(2)15(11)10-17(20-19)14-8-5-9-16(18)13(14)3/h4-9,17,20H,10,19H2,1-3H3. The molecule has 1 atom stereocenters. The molecule has 2 aromatic rings. The summed E-state index contributed by atoms with van der Waals surface area (Å²) >= 11 is 3.59. The number of rotatable bonds is 4. The van der Waals surface area contributed by atoms with Crippen molar-refractivity contribution in [2.75, 3.05) is 0 Å². The molecule has 0 radical (unpaired) electrons. The lowest BCUT2D eigenvalue weighted by Crippen LogP contribution is -2.30. The Morgan fingerprint density at radius 3 is 2.25 bits per heavy atom. The minimum atomic E-state index is 0.118. The second-order valence-corrected chi connectivity index (χ2v) is 6.10.